The third-order valence-corrected chi connectivity index (χ3v) is 1.97. The van der Waals surface area contributed by atoms with Crippen LogP contribution in [0.2, 0.25) is 0 Å². The molecule has 80 valence electrons. The number of nitrogens with one attached hydrogen (secondary N) is 1. The highest BCUT2D eigenvalue weighted by Crippen LogP contribution is 2.30. The topological polar surface area (TPSA) is 56.8 Å². The molecule has 1 aromatic rings. The van der Waals surface area contributed by atoms with Crippen LogP contribution in [0.4, 0.5) is 4.79 Å². The second kappa shape index (κ2) is 4.08. The number of fused-ring (bicyclic) bond motifs is 1. The number of hydrogen-bond acceptors (Lipinski definition) is 4. The molecule has 1 amide bonds. The second-order valence-electron chi connectivity index (χ2n) is 3.00. The van der Waals surface area contributed by atoms with Gasteiger partial charge >= 0.3 is 6.09 Å². The first-order valence-electron chi connectivity index (χ1n) is 4.52. The number of hydrogen-bond donors (Lipinski definition) is 1. The van der Waals surface area contributed by atoms with Crippen LogP contribution < -0.4 is 14.8 Å². The van der Waals surface area contributed by atoms with Gasteiger partial charge in [-0.15, -0.1) is 0 Å². The quantitative estimate of drug-likeness (QED) is 0.753. The number of alkyl carbamates (subject to hydrolysis) is 1. The second-order valence-corrected chi connectivity index (χ2v) is 3.00. The molecule has 2 rings (SSSR count). The lowest BCUT2D eigenvalue weighted by molar-refractivity contribution is 0.0616. The summed E-state index contributed by atoms with van der Waals surface area (Å²) in [5.41, 5.74) is 0. The zero-order valence-electron chi connectivity index (χ0n) is 8.23. The average Bonchev–Trinajstić information content (AvgIpc) is 2.29. The molecule has 1 atom stereocenters. The maximum absolute atomic E-state index is 10.9. The largest absolute Gasteiger partial charge is 0.484 e. The number of ether oxygens (including phenoxy) is 3. The van der Waals surface area contributed by atoms with Crippen molar-refractivity contribution in [2.45, 2.75) is 6.23 Å². The van der Waals surface area contributed by atoms with Crippen LogP contribution in [-0.4, -0.2) is 26.0 Å². The third-order valence-electron chi connectivity index (χ3n) is 1.97. The Hall–Kier alpha value is -1.91. The van der Waals surface area contributed by atoms with Crippen LogP contribution in [0.3, 0.4) is 0 Å². The smallest absolute Gasteiger partial charge is 0.409 e. The number of carbonyl (C=O) groups is 1. The molecule has 1 heterocycles. The monoisotopic (exact) mass is 209 g/mol. The molecule has 0 radical (unpaired) electrons. The van der Waals surface area contributed by atoms with Crippen molar-refractivity contribution < 1.29 is 19.0 Å². The summed E-state index contributed by atoms with van der Waals surface area (Å²) >= 11 is 0. The highest BCUT2D eigenvalue weighted by atomic mass is 16.6. The molecule has 1 aliphatic heterocycles. The molecular formula is C10H11NO4. The van der Waals surface area contributed by atoms with E-state index in [0.717, 1.165) is 0 Å². The van der Waals surface area contributed by atoms with E-state index in [1.807, 2.05) is 18.2 Å². The molecule has 0 aliphatic carbocycles. The first-order valence-corrected chi connectivity index (χ1v) is 4.52. The SMILES string of the molecule is COC(=O)NC1COc2ccccc2O1. The highest BCUT2D eigenvalue weighted by Gasteiger charge is 2.21. The number of rotatable bonds is 1. The van der Waals surface area contributed by atoms with Crippen molar-refractivity contribution in [1.82, 2.24) is 5.32 Å². The van der Waals surface area contributed by atoms with Gasteiger partial charge in [0.05, 0.1) is 7.11 Å². The van der Waals surface area contributed by atoms with Gasteiger partial charge in [-0.3, -0.25) is 5.32 Å². The van der Waals surface area contributed by atoms with E-state index in [1.165, 1.54) is 7.11 Å². The fourth-order valence-corrected chi connectivity index (χ4v) is 1.28. The van der Waals surface area contributed by atoms with E-state index in [1.54, 1.807) is 6.07 Å². The van der Waals surface area contributed by atoms with Crippen molar-refractivity contribution in [3.05, 3.63) is 24.3 Å². The van der Waals surface area contributed by atoms with Gasteiger partial charge in [0, 0.05) is 0 Å². The lowest BCUT2D eigenvalue weighted by atomic mass is 10.3. The van der Waals surface area contributed by atoms with E-state index in [-0.39, 0.29) is 6.61 Å². The molecule has 15 heavy (non-hydrogen) atoms. The zero-order valence-corrected chi connectivity index (χ0v) is 8.23. The van der Waals surface area contributed by atoms with E-state index in [2.05, 4.69) is 10.1 Å². The summed E-state index contributed by atoms with van der Waals surface area (Å²) in [6, 6.07) is 7.28. The summed E-state index contributed by atoms with van der Waals surface area (Å²) in [6.45, 7) is 0.270. The molecule has 1 unspecified atom stereocenters. The first kappa shape index (κ1) is 9.64. The number of methoxy groups -OCH3 is 1. The van der Waals surface area contributed by atoms with Crippen LogP contribution in [0, 0.1) is 0 Å². The first-order chi connectivity index (χ1) is 7.29. The Bertz CT molecular complexity index is 366. The number of para-hydroxylation sites is 2. The molecule has 0 bridgehead atoms. The minimum Gasteiger partial charge on any atom is -0.484 e. The van der Waals surface area contributed by atoms with E-state index >= 15 is 0 Å². The molecule has 1 aliphatic rings. The predicted molar refractivity (Wildman–Crippen MR) is 51.9 cm³/mol. The summed E-state index contributed by atoms with van der Waals surface area (Å²) in [4.78, 5) is 10.9. The summed E-state index contributed by atoms with van der Waals surface area (Å²) in [5.74, 6) is 1.30. The Morgan fingerprint density at radius 1 is 1.47 bits per heavy atom. The molecule has 0 aromatic heterocycles. The maximum atomic E-state index is 10.9. The molecule has 0 saturated heterocycles. The minimum atomic E-state index is -0.539. The normalized spacial score (nSPS) is 18.1. The van der Waals surface area contributed by atoms with E-state index in [0.29, 0.717) is 11.5 Å². The molecular weight excluding hydrogens is 198 g/mol. The lowest BCUT2D eigenvalue weighted by Gasteiger charge is -2.26. The van der Waals surface area contributed by atoms with Crippen LogP contribution in [0.5, 0.6) is 11.5 Å². The van der Waals surface area contributed by atoms with E-state index in [4.69, 9.17) is 9.47 Å². The van der Waals surface area contributed by atoms with Crippen LogP contribution in [0.25, 0.3) is 0 Å². The molecule has 1 aromatic carbocycles. The fourth-order valence-electron chi connectivity index (χ4n) is 1.28. The molecule has 5 nitrogen and oxygen atoms in total. The van der Waals surface area contributed by atoms with Gasteiger partial charge in [0.15, 0.2) is 11.5 Å². The number of benzene rings is 1. The van der Waals surface area contributed by atoms with E-state index < -0.39 is 12.3 Å². The van der Waals surface area contributed by atoms with Crippen molar-refractivity contribution in [3.8, 4) is 11.5 Å². The van der Waals surface area contributed by atoms with Crippen molar-refractivity contribution in [2.75, 3.05) is 13.7 Å². The standard InChI is InChI=1S/C10H11NO4/c1-13-10(12)11-9-6-14-7-4-2-3-5-8(7)15-9/h2-5,9H,6H2,1H3,(H,11,12). The van der Waals surface area contributed by atoms with Crippen LogP contribution in [0.1, 0.15) is 0 Å². The van der Waals surface area contributed by atoms with Crippen LogP contribution in [0.15, 0.2) is 24.3 Å². The third kappa shape index (κ3) is 2.12. The summed E-state index contributed by atoms with van der Waals surface area (Å²) < 4.78 is 15.3. The lowest BCUT2D eigenvalue weighted by Crippen LogP contribution is -2.45. The minimum absolute atomic E-state index is 0.270. The summed E-state index contributed by atoms with van der Waals surface area (Å²) in [7, 11) is 1.30. The van der Waals surface area contributed by atoms with Crippen molar-refractivity contribution in [1.29, 1.82) is 0 Å². The molecule has 1 N–H and O–H groups in total. The van der Waals surface area contributed by atoms with Crippen molar-refractivity contribution in [3.63, 3.8) is 0 Å². The van der Waals surface area contributed by atoms with Crippen LogP contribution >= 0.6 is 0 Å². The Labute approximate surface area is 86.9 Å². The Morgan fingerprint density at radius 2 is 2.20 bits per heavy atom. The molecule has 0 saturated carbocycles. The van der Waals surface area contributed by atoms with Crippen molar-refractivity contribution in [2.24, 2.45) is 0 Å². The van der Waals surface area contributed by atoms with Gasteiger partial charge in [-0.05, 0) is 12.1 Å². The van der Waals surface area contributed by atoms with Gasteiger partial charge in [0.25, 0.3) is 0 Å². The molecule has 5 heteroatoms. The molecule has 0 fully saturated rings. The zero-order chi connectivity index (χ0) is 10.7. The van der Waals surface area contributed by atoms with Crippen molar-refractivity contribution >= 4 is 6.09 Å². The Balaban J connectivity index is 2.02. The Kier molecular flexibility index (Phi) is 2.62. The van der Waals surface area contributed by atoms with E-state index in [9.17, 15) is 4.79 Å². The van der Waals surface area contributed by atoms with Gasteiger partial charge < -0.3 is 14.2 Å². The highest BCUT2D eigenvalue weighted by molar-refractivity contribution is 5.67. The predicted octanol–water partition coefficient (Wildman–Crippen LogP) is 1.14. The molecule has 0 spiro atoms. The van der Waals surface area contributed by atoms with Gasteiger partial charge in [-0.25, -0.2) is 4.79 Å². The van der Waals surface area contributed by atoms with Gasteiger partial charge in [-0.1, -0.05) is 12.1 Å². The Morgan fingerprint density at radius 3 is 2.93 bits per heavy atom. The van der Waals surface area contributed by atoms with Gasteiger partial charge in [0.2, 0.25) is 6.23 Å². The fraction of sp³-hybridized carbons (Fsp3) is 0.300. The summed E-state index contributed by atoms with van der Waals surface area (Å²) in [5, 5.41) is 2.50. The summed E-state index contributed by atoms with van der Waals surface area (Å²) in [6.07, 6.45) is -1.05. The average molecular weight is 209 g/mol. The number of amides is 1. The maximum Gasteiger partial charge on any atom is 0.409 e. The van der Waals surface area contributed by atoms with Crippen LogP contribution in [-0.2, 0) is 4.74 Å². The van der Waals surface area contributed by atoms with Gasteiger partial charge in [0.1, 0.15) is 6.61 Å². The van der Waals surface area contributed by atoms with Gasteiger partial charge in [-0.2, -0.15) is 0 Å². The number of carbonyl (C=O) groups excluding carboxylic acids is 1.